The molecule has 0 aromatic heterocycles. The zero-order valence-corrected chi connectivity index (χ0v) is 12.2. The van der Waals surface area contributed by atoms with Crippen molar-refractivity contribution in [2.45, 2.75) is 71.1 Å². The maximum absolute atomic E-state index is 12.3. The van der Waals surface area contributed by atoms with Gasteiger partial charge >= 0.3 is 6.09 Å². The first-order chi connectivity index (χ1) is 8.83. The van der Waals surface area contributed by atoms with Gasteiger partial charge in [0.05, 0.1) is 6.04 Å². The molecule has 106 valence electrons. The molecule has 0 aliphatic carbocycles. The van der Waals surface area contributed by atoms with E-state index in [2.05, 4.69) is 0 Å². The van der Waals surface area contributed by atoms with E-state index in [1.807, 2.05) is 33.8 Å². The molecule has 2 aliphatic heterocycles. The number of carbonyl (C=O) groups excluding carboxylic acids is 2. The smallest absolute Gasteiger partial charge is 0.411 e. The molecule has 0 N–H and O–H groups in total. The highest BCUT2D eigenvalue weighted by molar-refractivity contribution is 5.97. The van der Waals surface area contributed by atoms with Crippen molar-refractivity contribution < 1.29 is 14.3 Å². The van der Waals surface area contributed by atoms with Gasteiger partial charge in [-0.05, 0) is 40.0 Å². The molecule has 2 atom stereocenters. The number of ether oxygens (including phenoxy) is 1. The van der Waals surface area contributed by atoms with Gasteiger partial charge in [-0.2, -0.15) is 0 Å². The van der Waals surface area contributed by atoms with E-state index >= 15 is 0 Å². The second-order valence-corrected chi connectivity index (χ2v) is 6.31. The summed E-state index contributed by atoms with van der Waals surface area (Å²) in [6.45, 7) is 7.46. The van der Waals surface area contributed by atoms with Gasteiger partial charge in [0.2, 0.25) is 0 Å². The lowest BCUT2D eigenvalue weighted by Crippen LogP contribution is -2.47. The van der Waals surface area contributed by atoms with E-state index in [1.54, 1.807) is 4.90 Å². The second kappa shape index (κ2) is 4.99. The van der Waals surface area contributed by atoms with Crippen LogP contribution in [0.5, 0.6) is 0 Å². The summed E-state index contributed by atoms with van der Waals surface area (Å²) in [4.78, 5) is 26.0. The third-order valence-corrected chi connectivity index (χ3v) is 3.72. The summed E-state index contributed by atoms with van der Waals surface area (Å²) in [7, 11) is 0. The molecule has 2 bridgehead atoms. The Morgan fingerprint density at radius 2 is 2.05 bits per heavy atom. The molecule has 0 aromatic carbocycles. The normalized spacial score (nSPS) is 26.1. The van der Waals surface area contributed by atoms with Gasteiger partial charge in [0.15, 0.2) is 5.78 Å². The quantitative estimate of drug-likeness (QED) is 0.771. The van der Waals surface area contributed by atoms with E-state index in [-0.39, 0.29) is 24.0 Å². The maximum Gasteiger partial charge on any atom is 0.411 e. The van der Waals surface area contributed by atoms with Crippen molar-refractivity contribution in [3.63, 3.8) is 0 Å². The largest absolute Gasteiger partial charge is 0.444 e. The summed E-state index contributed by atoms with van der Waals surface area (Å²) in [5, 5.41) is 0. The van der Waals surface area contributed by atoms with Gasteiger partial charge in [-0.3, -0.25) is 9.69 Å². The zero-order chi connectivity index (χ0) is 14.2. The Labute approximate surface area is 114 Å². The molecule has 1 saturated heterocycles. The average molecular weight is 265 g/mol. The van der Waals surface area contributed by atoms with Crippen molar-refractivity contribution in [1.82, 2.24) is 4.90 Å². The topological polar surface area (TPSA) is 46.6 Å². The Bertz CT molecular complexity index is 420. The zero-order valence-electron chi connectivity index (χ0n) is 12.2. The fourth-order valence-corrected chi connectivity index (χ4v) is 2.91. The fraction of sp³-hybridized carbons (Fsp3) is 0.733. The van der Waals surface area contributed by atoms with Crippen LogP contribution < -0.4 is 0 Å². The van der Waals surface area contributed by atoms with Crippen molar-refractivity contribution in [3.05, 3.63) is 11.6 Å². The molecule has 4 nitrogen and oxygen atoms in total. The summed E-state index contributed by atoms with van der Waals surface area (Å²) in [5.74, 6) is 0.152. The van der Waals surface area contributed by atoms with Crippen LogP contribution in [-0.4, -0.2) is 34.5 Å². The number of carbonyl (C=O) groups is 2. The number of Topliss-reactive ketones (excluding diaryl/α,β-unsaturated/α-hetero) is 1. The highest BCUT2D eigenvalue weighted by Crippen LogP contribution is 2.37. The van der Waals surface area contributed by atoms with Crippen molar-refractivity contribution in [3.8, 4) is 0 Å². The van der Waals surface area contributed by atoms with Gasteiger partial charge < -0.3 is 4.74 Å². The van der Waals surface area contributed by atoms with E-state index in [9.17, 15) is 9.59 Å². The van der Waals surface area contributed by atoms with Crippen molar-refractivity contribution in [2.24, 2.45) is 0 Å². The van der Waals surface area contributed by atoms with Gasteiger partial charge in [0.1, 0.15) is 5.60 Å². The summed E-state index contributed by atoms with van der Waals surface area (Å²) in [6.07, 6.45) is 4.85. The SMILES string of the molecule is CCC(=O)C1=CC[C@@H]2CC[C@H]1N2C(=O)OC(C)(C)C. The summed E-state index contributed by atoms with van der Waals surface area (Å²) < 4.78 is 5.47. The molecule has 4 heteroatoms. The minimum atomic E-state index is -0.493. The van der Waals surface area contributed by atoms with Gasteiger partial charge in [-0.25, -0.2) is 4.79 Å². The molecule has 0 radical (unpaired) electrons. The molecule has 2 rings (SSSR count). The van der Waals surface area contributed by atoms with Crippen LogP contribution in [-0.2, 0) is 9.53 Å². The van der Waals surface area contributed by atoms with E-state index in [4.69, 9.17) is 4.74 Å². The highest BCUT2D eigenvalue weighted by Gasteiger charge is 2.44. The third kappa shape index (κ3) is 2.82. The summed E-state index contributed by atoms with van der Waals surface area (Å²) >= 11 is 0. The number of fused-ring (bicyclic) bond motifs is 2. The first kappa shape index (κ1) is 14.1. The third-order valence-electron chi connectivity index (χ3n) is 3.72. The van der Waals surface area contributed by atoms with Crippen LogP contribution in [0.15, 0.2) is 11.6 Å². The van der Waals surface area contributed by atoms with Crippen molar-refractivity contribution in [2.75, 3.05) is 0 Å². The number of ketones is 1. The highest BCUT2D eigenvalue weighted by atomic mass is 16.6. The van der Waals surface area contributed by atoms with Crippen LogP contribution in [0.4, 0.5) is 4.79 Å². The van der Waals surface area contributed by atoms with Gasteiger partial charge in [-0.1, -0.05) is 13.0 Å². The van der Waals surface area contributed by atoms with Crippen molar-refractivity contribution >= 4 is 11.9 Å². The predicted molar refractivity (Wildman–Crippen MR) is 72.9 cm³/mol. The lowest BCUT2D eigenvalue weighted by atomic mass is 9.96. The molecule has 0 spiro atoms. The molecule has 0 aromatic rings. The lowest BCUT2D eigenvalue weighted by molar-refractivity contribution is -0.116. The molecule has 0 saturated carbocycles. The van der Waals surface area contributed by atoms with Crippen molar-refractivity contribution in [1.29, 1.82) is 0 Å². The minimum absolute atomic E-state index is 0.0685. The average Bonchev–Trinajstić information content (AvgIpc) is 2.61. The Balaban J connectivity index is 2.17. The van der Waals surface area contributed by atoms with E-state index in [0.29, 0.717) is 6.42 Å². The molecular formula is C15H23NO3. The Morgan fingerprint density at radius 3 is 2.63 bits per heavy atom. The lowest BCUT2D eigenvalue weighted by Gasteiger charge is -2.35. The molecule has 1 amide bonds. The Morgan fingerprint density at radius 1 is 1.37 bits per heavy atom. The molecule has 2 aliphatic rings. The van der Waals surface area contributed by atoms with Crippen LogP contribution in [0.1, 0.15) is 53.4 Å². The van der Waals surface area contributed by atoms with E-state index < -0.39 is 5.60 Å². The number of hydrogen-bond donors (Lipinski definition) is 0. The first-order valence-corrected chi connectivity index (χ1v) is 7.08. The summed E-state index contributed by atoms with van der Waals surface area (Å²) in [6, 6.07) is 0.134. The minimum Gasteiger partial charge on any atom is -0.444 e. The molecular weight excluding hydrogens is 242 g/mol. The van der Waals surface area contributed by atoms with Crippen LogP contribution >= 0.6 is 0 Å². The predicted octanol–water partition coefficient (Wildman–Crippen LogP) is 3.06. The number of amides is 1. The second-order valence-electron chi connectivity index (χ2n) is 6.31. The van der Waals surface area contributed by atoms with Gasteiger partial charge in [0, 0.05) is 18.0 Å². The van der Waals surface area contributed by atoms with Crippen LogP contribution in [0.25, 0.3) is 0 Å². The Hall–Kier alpha value is -1.32. The number of hydrogen-bond acceptors (Lipinski definition) is 3. The number of rotatable bonds is 2. The first-order valence-electron chi connectivity index (χ1n) is 7.08. The molecule has 19 heavy (non-hydrogen) atoms. The van der Waals surface area contributed by atoms with E-state index in [1.165, 1.54) is 0 Å². The molecule has 2 heterocycles. The fourth-order valence-electron chi connectivity index (χ4n) is 2.91. The molecule has 1 fully saturated rings. The summed E-state index contributed by atoms with van der Waals surface area (Å²) in [5.41, 5.74) is 0.314. The molecule has 0 unspecified atom stereocenters. The van der Waals surface area contributed by atoms with Crippen LogP contribution in [0, 0.1) is 0 Å². The number of nitrogens with zero attached hydrogens (tertiary/aromatic N) is 1. The standard InChI is InChI=1S/C15H23NO3/c1-5-13(17)11-8-6-10-7-9-12(11)16(10)14(18)19-15(2,3)4/h8,10,12H,5-7,9H2,1-4H3/t10-,12-/m1/s1. The monoisotopic (exact) mass is 265 g/mol. The van der Waals surface area contributed by atoms with Gasteiger partial charge in [-0.15, -0.1) is 0 Å². The van der Waals surface area contributed by atoms with E-state index in [0.717, 1.165) is 24.8 Å². The van der Waals surface area contributed by atoms with Crippen LogP contribution in [0.2, 0.25) is 0 Å². The van der Waals surface area contributed by atoms with Gasteiger partial charge in [0.25, 0.3) is 0 Å². The Kier molecular flexibility index (Phi) is 3.70. The maximum atomic E-state index is 12.3. The van der Waals surface area contributed by atoms with Crippen LogP contribution in [0.3, 0.4) is 0 Å².